The third-order valence-corrected chi connectivity index (χ3v) is 4.94. The lowest BCUT2D eigenvalue weighted by molar-refractivity contribution is 0.0512. The van der Waals surface area contributed by atoms with E-state index in [2.05, 4.69) is 18.2 Å². The average Bonchev–Trinajstić information content (AvgIpc) is 2.89. The molecule has 2 fully saturated rings. The highest BCUT2D eigenvalue weighted by Gasteiger charge is 2.57. The highest BCUT2D eigenvalue weighted by atomic mass is 32.2. The first-order valence-electron chi connectivity index (χ1n) is 5.48. The minimum atomic E-state index is -0.0907. The van der Waals surface area contributed by atoms with E-state index in [1.807, 2.05) is 17.8 Å². The van der Waals surface area contributed by atoms with Crippen LogP contribution in [0.25, 0.3) is 0 Å². The second-order valence-electron chi connectivity index (χ2n) is 4.49. The molecule has 1 spiro atoms. The van der Waals surface area contributed by atoms with E-state index in [9.17, 15) is 0 Å². The van der Waals surface area contributed by atoms with Gasteiger partial charge in [-0.2, -0.15) is 0 Å². The maximum absolute atomic E-state index is 6.13. The van der Waals surface area contributed by atoms with Crippen molar-refractivity contribution in [1.82, 2.24) is 0 Å². The van der Waals surface area contributed by atoms with Crippen molar-refractivity contribution >= 4 is 11.8 Å². The third-order valence-electron chi connectivity index (χ3n) is 3.52. The standard InChI is InChI=1S/C12H12O2S/c1-2-4-10-9(3-1)14-12(15-10)7-8-5-6-11(12)13-8/h1-4,8,11H,5-7H2. The van der Waals surface area contributed by atoms with Gasteiger partial charge < -0.3 is 9.47 Å². The number of para-hydroxylation sites is 1. The smallest absolute Gasteiger partial charge is 0.187 e. The molecule has 0 aromatic heterocycles. The third kappa shape index (κ3) is 1.05. The van der Waals surface area contributed by atoms with E-state index >= 15 is 0 Å². The number of benzene rings is 1. The summed E-state index contributed by atoms with van der Waals surface area (Å²) < 4.78 is 12.0. The highest BCUT2D eigenvalue weighted by Crippen LogP contribution is 2.58. The maximum atomic E-state index is 6.13. The van der Waals surface area contributed by atoms with E-state index in [-0.39, 0.29) is 4.93 Å². The van der Waals surface area contributed by atoms with Crippen molar-refractivity contribution in [3.63, 3.8) is 0 Å². The molecule has 3 atom stereocenters. The summed E-state index contributed by atoms with van der Waals surface area (Å²) in [4.78, 5) is 1.18. The fourth-order valence-corrected chi connectivity index (χ4v) is 4.29. The molecule has 3 heterocycles. The summed E-state index contributed by atoms with van der Waals surface area (Å²) >= 11 is 1.86. The van der Waals surface area contributed by atoms with Crippen molar-refractivity contribution in [2.75, 3.05) is 0 Å². The molecule has 0 aliphatic carbocycles. The van der Waals surface area contributed by atoms with Gasteiger partial charge in [0.05, 0.1) is 11.0 Å². The first-order chi connectivity index (χ1) is 7.36. The van der Waals surface area contributed by atoms with Crippen molar-refractivity contribution in [2.45, 2.75) is 41.3 Å². The molecule has 0 N–H and O–H groups in total. The summed E-state index contributed by atoms with van der Waals surface area (Å²) in [6.45, 7) is 0. The molecule has 1 aromatic rings. The summed E-state index contributed by atoms with van der Waals surface area (Å²) in [6, 6.07) is 8.30. The molecule has 15 heavy (non-hydrogen) atoms. The van der Waals surface area contributed by atoms with Gasteiger partial charge in [-0.3, -0.25) is 0 Å². The predicted molar refractivity (Wildman–Crippen MR) is 58.2 cm³/mol. The van der Waals surface area contributed by atoms with Crippen molar-refractivity contribution in [2.24, 2.45) is 0 Å². The average molecular weight is 220 g/mol. The van der Waals surface area contributed by atoms with Crippen LogP contribution in [0.5, 0.6) is 5.75 Å². The zero-order valence-corrected chi connectivity index (χ0v) is 9.13. The molecule has 4 rings (SSSR count). The second kappa shape index (κ2) is 2.71. The SMILES string of the molecule is c1ccc2c(c1)OC1(CC3CCC1O3)S2. The van der Waals surface area contributed by atoms with Crippen LogP contribution in [0.15, 0.2) is 29.2 Å². The number of thioether (sulfide) groups is 1. The quantitative estimate of drug-likeness (QED) is 0.670. The van der Waals surface area contributed by atoms with Crippen LogP contribution >= 0.6 is 11.8 Å². The van der Waals surface area contributed by atoms with Crippen LogP contribution in [-0.4, -0.2) is 17.1 Å². The Kier molecular flexibility index (Phi) is 1.53. The van der Waals surface area contributed by atoms with Gasteiger partial charge in [0, 0.05) is 6.42 Å². The van der Waals surface area contributed by atoms with E-state index in [0.29, 0.717) is 12.2 Å². The molecule has 3 heteroatoms. The van der Waals surface area contributed by atoms with Crippen molar-refractivity contribution in [1.29, 1.82) is 0 Å². The normalized spacial score (nSPS) is 40.8. The molecule has 0 radical (unpaired) electrons. The van der Waals surface area contributed by atoms with Crippen molar-refractivity contribution < 1.29 is 9.47 Å². The molecular weight excluding hydrogens is 208 g/mol. The van der Waals surface area contributed by atoms with Gasteiger partial charge >= 0.3 is 0 Å². The Morgan fingerprint density at radius 3 is 2.93 bits per heavy atom. The largest absolute Gasteiger partial charge is 0.472 e. The molecule has 3 aliphatic rings. The van der Waals surface area contributed by atoms with E-state index in [1.165, 1.54) is 11.3 Å². The zero-order chi connectivity index (χ0) is 9.88. The molecular formula is C12H12O2S. The van der Waals surface area contributed by atoms with Gasteiger partial charge in [-0.05, 0) is 25.0 Å². The molecule has 3 aliphatic heterocycles. The summed E-state index contributed by atoms with van der Waals surface area (Å²) in [5, 5.41) is 0. The number of hydrogen-bond donors (Lipinski definition) is 0. The van der Waals surface area contributed by atoms with Crippen LogP contribution in [0.2, 0.25) is 0 Å². The first-order valence-corrected chi connectivity index (χ1v) is 6.30. The summed E-state index contributed by atoms with van der Waals surface area (Å²) in [6.07, 6.45) is 4.17. The molecule has 2 saturated heterocycles. The molecule has 3 unspecified atom stereocenters. The molecule has 0 amide bonds. The predicted octanol–water partition coefficient (Wildman–Crippen LogP) is 2.82. The van der Waals surface area contributed by atoms with Crippen LogP contribution in [0, 0.1) is 0 Å². The molecule has 2 bridgehead atoms. The summed E-state index contributed by atoms with van der Waals surface area (Å²) in [7, 11) is 0. The van der Waals surface area contributed by atoms with Gasteiger partial charge in [-0.15, -0.1) is 0 Å². The van der Waals surface area contributed by atoms with E-state index in [0.717, 1.165) is 18.6 Å². The Morgan fingerprint density at radius 1 is 1.27 bits per heavy atom. The highest BCUT2D eigenvalue weighted by molar-refractivity contribution is 8.01. The van der Waals surface area contributed by atoms with Gasteiger partial charge in [0.1, 0.15) is 11.9 Å². The number of fused-ring (bicyclic) bond motifs is 4. The lowest BCUT2D eigenvalue weighted by Gasteiger charge is -2.28. The number of hydrogen-bond acceptors (Lipinski definition) is 3. The Labute approximate surface area is 93.0 Å². The Bertz CT molecular complexity index is 393. The lowest BCUT2D eigenvalue weighted by Crippen LogP contribution is -2.39. The monoisotopic (exact) mass is 220 g/mol. The molecule has 2 nitrogen and oxygen atoms in total. The second-order valence-corrected chi connectivity index (χ2v) is 5.83. The lowest BCUT2D eigenvalue weighted by atomic mass is 9.97. The minimum Gasteiger partial charge on any atom is -0.472 e. The summed E-state index contributed by atoms with van der Waals surface area (Å²) in [5.41, 5.74) is 0. The zero-order valence-electron chi connectivity index (χ0n) is 8.31. The van der Waals surface area contributed by atoms with Crippen molar-refractivity contribution in [3.05, 3.63) is 24.3 Å². The van der Waals surface area contributed by atoms with Crippen LogP contribution in [-0.2, 0) is 4.74 Å². The van der Waals surface area contributed by atoms with Gasteiger partial charge in [0.25, 0.3) is 0 Å². The van der Waals surface area contributed by atoms with Gasteiger partial charge in [0.2, 0.25) is 0 Å². The van der Waals surface area contributed by atoms with E-state index in [4.69, 9.17) is 9.47 Å². The summed E-state index contributed by atoms with van der Waals surface area (Å²) in [5.74, 6) is 1.04. The van der Waals surface area contributed by atoms with E-state index in [1.54, 1.807) is 0 Å². The molecule has 1 aromatic carbocycles. The number of rotatable bonds is 0. The van der Waals surface area contributed by atoms with Gasteiger partial charge in [-0.1, -0.05) is 23.9 Å². The van der Waals surface area contributed by atoms with Gasteiger partial charge in [0.15, 0.2) is 4.93 Å². The van der Waals surface area contributed by atoms with Crippen LogP contribution in [0.3, 0.4) is 0 Å². The maximum Gasteiger partial charge on any atom is 0.187 e. The topological polar surface area (TPSA) is 18.5 Å². The molecule has 78 valence electrons. The van der Waals surface area contributed by atoms with Crippen LogP contribution in [0.4, 0.5) is 0 Å². The minimum absolute atomic E-state index is 0.0907. The first kappa shape index (κ1) is 8.48. The van der Waals surface area contributed by atoms with Gasteiger partial charge in [-0.25, -0.2) is 0 Å². The van der Waals surface area contributed by atoms with Crippen molar-refractivity contribution in [3.8, 4) is 5.75 Å². The fourth-order valence-electron chi connectivity index (χ4n) is 2.85. The van der Waals surface area contributed by atoms with Crippen LogP contribution in [0.1, 0.15) is 19.3 Å². The Morgan fingerprint density at radius 2 is 2.20 bits per heavy atom. The number of ether oxygens (including phenoxy) is 2. The van der Waals surface area contributed by atoms with Crippen LogP contribution < -0.4 is 4.74 Å². The fraction of sp³-hybridized carbons (Fsp3) is 0.500. The van der Waals surface area contributed by atoms with E-state index < -0.39 is 0 Å². The Hall–Kier alpha value is -0.670. The Balaban J connectivity index is 1.74. The molecule has 0 saturated carbocycles.